The van der Waals surface area contributed by atoms with Gasteiger partial charge in [0.1, 0.15) is 0 Å². The Balaban J connectivity index is 2.29. The molecule has 0 radical (unpaired) electrons. The van der Waals surface area contributed by atoms with Gasteiger partial charge in [0, 0.05) is 12.8 Å². The van der Waals surface area contributed by atoms with Gasteiger partial charge >= 0.3 is 6.18 Å². The summed E-state index contributed by atoms with van der Waals surface area (Å²) in [4.78, 5) is 16.2. The number of alkyl halides is 3. The summed E-state index contributed by atoms with van der Waals surface area (Å²) in [7, 11) is 1.51. The number of halogens is 3. The molecule has 0 unspecified atom stereocenters. The molecule has 2 rings (SSSR count). The highest BCUT2D eigenvalue weighted by Gasteiger charge is 2.26. The van der Waals surface area contributed by atoms with E-state index in [0.717, 1.165) is 11.8 Å². The molecule has 102 valence electrons. The first-order valence-electron chi connectivity index (χ1n) is 5.54. The van der Waals surface area contributed by atoms with Crippen molar-refractivity contribution in [3.8, 4) is 0 Å². The predicted molar refractivity (Wildman–Crippen MR) is 68.4 cm³/mol. The van der Waals surface area contributed by atoms with Crippen LogP contribution in [0, 0.1) is 0 Å². The van der Waals surface area contributed by atoms with Crippen LogP contribution in [0.25, 0.3) is 10.9 Å². The second-order valence-corrected chi connectivity index (χ2v) is 5.05. The van der Waals surface area contributed by atoms with Crippen LogP contribution in [0.5, 0.6) is 0 Å². The van der Waals surface area contributed by atoms with Gasteiger partial charge in [0.2, 0.25) is 0 Å². The van der Waals surface area contributed by atoms with Crippen molar-refractivity contribution in [1.82, 2.24) is 9.55 Å². The lowest BCUT2D eigenvalue weighted by Crippen LogP contribution is -2.20. The number of hydrogen-bond acceptors (Lipinski definition) is 3. The topological polar surface area (TPSA) is 34.9 Å². The van der Waals surface area contributed by atoms with Gasteiger partial charge in [0.05, 0.1) is 17.3 Å². The molecule has 0 N–H and O–H groups in total. The van der Waals surface area contributed by atoms with Crippen LogP contribution in [0.15, 0.2) is 34.2 Å². The molecule has 1 aromatic heterocycles. The Morgan fingerprint density at radius 1 is 1.32 bits per heavy atom. The van der Waals surface area contributed by atoms with Crippen molar-refractivity contribution >= 4 is 22.7 Å². The maximum atomic E-state index is 12.1. The molecule has 0 atom stereocenters. The van der Waals surface area contributed by atoms with Crippen molar-refractivity contribution in [2.45, 2.75) is 17.8 Å². The van der Waals surface area contributed by atoms with Gasteiger partial charge in [-0.3, -0.25) is 9.36 Å². The summed E-state index contributed by atoms with van der Waals surface area (Å²) in [6, 6.07) is 6.78. The Hall–Kier alpha value is -1.50. The second kappa shape index (κ2) is 5.24. The minimum absolute atomic E-state index is 0.151. The Morgan fingerprint density at radius 3 is 2.68 bits per heavy atom. The highest BCUT2D eigenvalue weighted by Crippen LogP contribution is 2.25. The molecule has 0 aliphatic rings. The van der Waals surface area contributed by atoms with Crippen molar-refractivity contribution in [1.29, 1.82) is 0 Å². The molecule has 3 nitrogen and oxygen atoms in total. The maximum Gasteiger partial charge on any atom is 0.389 e. The van der Waals surface area contributed by atoms with E-state index in [0.29, 0.717) is 16.1 Å². The fourth-order valence-corrected chi connectivity index (χ4v) is 2.54. The summed E-state index contributed by atoms with van der Waals surface area (Å²) < 4.78 is 37.5. The predicted octanol–water partition coefficient (Wildman–Crippen LogP) is 2.98. The molecule has 0 spiro atoms. The van der Waals surface area contributed by atoms with Crippen LogP contribution >= 0.6 is 11.8 Å². The molecular weight excluding hydrogens is 277 g/mol. The van der Waals surface area contributed by atoms with Crippen molar-refractivity contribution in [2.75, 3.05) is 5.75 Å². The van der Waals surface area contributed by atoms with Gasteiger partial charge in [-0.2, -0.15) is 13.2 Å². The molecule has 0 bridgehead atoms. The average Bonchev–Trinajstić information content (AvgIpc) is 2.34. The van der Waals surface area contributed by atoms with Gasteiger partial charge in [0.15, 0.2) is 5.16 Å². The fraction of sp³-hybridized carbons (Fsp3) is 0.333. The standard InChI is InChI=1S/C12H11F3N2OS/c1-17-10(18)8-4-2-3-5-9(8)16-11(17)19-7-6-12(13,14)15/h2-5H,6-7H2,1H3. The average molecular weight is 288 g/mol. The lowest BCUT2D eigenvalue weighted by Gasteiger charge is -2.09. The van der Waals surface area contributed by atoms with Crippen LogP contribution in [-0.4, -0.2) is 21.5 Å². The van der Waals surface area contributed by atoms with Crippen LogP contribution in [0.2, 0.25) is 0 Å². The molecule has 0 saturated heterocycles. The molecule has 0 fully saturated rings. The van der Waals surface area contributed by atoms with E-state index >= 15 is 0 Å². The van der Waals surface area contributed by atoms with Crippen LogP contribution in [0.1, 0.15) is 6.42 Å². The number of thioether (sulfide) groups is 1. The zero-order chi connectivity index (χ0) is 14.0. The van der Waals surface area contributed by atoms with E-state index in [1.54, 1.807) is 24.3 Å². The summed E-state index contributed by atoms with van der Waals surface area (Å²) in [6.07, 6.45) is -5.09. The number of rotatable bonds is 3. The largest absolute Gasteiger partial charge is 0.389 e. The SMILES string of the molecule is Cn1c(SCCC(F)(F)F)nc2ccccc2c1=O. The van der Waals surface area contributed by atoms with Gasteiger partial charge in [-0.15, -0.1) is 0 Å². The van der Waals surface area contributed by atoms with E-state index in [1.165, 1.54) is 11.6 Å². The summed E-state index contributed by atoms with van der Waals surface area (Å²) in [5, 5.41) is 0.762. The van der Waals surface area contributed by atoms with Crippen LogP contribution in [-0.2, 0) is 7.05 Å². The highest BCUT2D eigenvalue weighted by molar-refractivity contribution is 7.99. The minimum atomic E-state index is -4.19. The number of aromatic nitrogens is 2. The first-order chi connectivity index (χ1) is 8.88. The monoisotopic (exact) mass is 288 g/mol. The van der Waals surface area contributed by atoms with Gasteiger partial charge in [0.25, 0.3) is 5.56 Å². The number of fused-ring (bicyclic) bond motifs is 1. The molecule has 0 saturated carbocycles. The van der Waals surface area contributed by atoms with Crippen molar-refractivity contribution < 1.29 is 13.2 Å². The van der Waals surface area contributed by atoms with Crippen LogP contribution in [0.3, 0.4) is 0 Å². The Morgan fingerprint density at radius 2 is 2.00 bits per heavy atom. The molecule has 7 heteroatoms. The van der Waals surface area contributed by atoms with Gasteiger partial charge < -0.3 is 0 Å². The third-order valence-electron chi connectivity index (χ3n) is 2.56. The Bertz CT molecular complexity index is 651. The molecule has 2 aromatic rings. The van der Waals surface area contributed by atoms with Crippen LogP contribution in [0.4, 0.5) is 13.2 Å². The highest BCUT2D eigenvalue weighted by atomic mass is 32.2. The molecule has 1 heterocycles. The number of nitrogens with zero attached hydrogens (tertiary/aromatic N) is 2. The van der Waals surface area contributed by atoms with Crippen molar-refractivity contribution in [2.24, 2.45) is 7.05 Å². The third kappa shape index (κ3) is 3.28. The Labute approximate surface area is 111 Å². The second-order valence-electron chi connectivity index (χ2n) is 3.99. The van der Waals surface area contributed by atoms with Crippen molar-refractivity contribution in [3.63, 3.8) is 0 Å². The molecule has 0 amide bonds. The third-order valence-corrected chi connectivity index (χ3v) is 3.59. The van der Waals surface area contributed by atoms with Gasteiger partial charge in [-0.1, -0.05) is 23.9 Å². The molecular formula is C12H11F3N2OS. The Kier molecular flexibility index (Phi) is 3.84. The van der Waals surface area contributed by atoms with E-state index in [4.69, 9.17) is 0 Å². The van der Waals surface area contributed by atoms with Crippen molar-refractivity contribution in [3.05, 3.63) is 34.6 Å². The summed E-state index contributed by atoms with van der Waals surface area (Å²) >= 11 is 0.935. The number of para-hydroxylation sites is 1. The summed E-state index contributed by atoms with van der Waals surface area (Å²) in [5.74, 6) is -0.151. The molecule has 1 aromatic carbocycles. The van der Waals surface area contributed by atoms with Crippen LogP contribution < -0.4 is 5.56 Å². The fourth-order valence-electron chi connectivity index (χ4n) is 1.58. The van der Waals surface area contributed by atoms with E-state index < -0.39 is 12.6 Å². The summed E-state index contributed by atoms with van der Waals surface area (Å²) in [5.41, 5.74) is 0.250. The van der Waals surface area contributed by atoms with E-state index in [1.807, 2.05) is 0 Å². The van der Waals surface area contributed by atoms with E-state index in [9.17, 15) is 18.0 Å². The van der Waals surface area contributed by atoms with E-state index in [-0.39, 0.29) is 11.3 Å². The van der Waals surface area contributed by atoms with Gasteiger partial charge in [-0.25, -0.2) is 4.98 Å². The quantitative estimate of drug-likeness (QED) is 0.643. The van der Waals surface area contributed by atoms with Gasteiger partial charge in [-0.05, 0) is 12.1 Å². The smallest absolute Gasteiger partial charge is 0.290 e. The lowest BCUT2D eigenvalue weighted by atomic mass is 10.2. The first kappa shape index (κ1) is 13.9. The first-order valence-corrected chi connectivity index (χ1v) is 6.52. The lowest BCUT2D eigenvalue weighted by molar-refractivity contribution is -0.129. The number of benzene rings is 1. The molecule has 0 aliphatic carbocycles. The molecule has 19 heavy (non-hydrogen) atoms. The summed E-state index contributed by atoms with van der Waals surface area (Å²) in [6.45, 7) is 0. The zero-order valence-electron chi connectivity index (χ0n) is 10.1. The molecule has 0 aliphatic heterocycles. The number of hydrogen-bond donors (Lipinski definition) is 0. The minimum Gasteiger partial charge on any atom is -0.290 e. The maximum absolute atomic E-state index is 12.1. The zero-order valence-corrected chi connectivity index (χ0v) is 10.9. The normalized spacial score (nSPS) is 12.0. The van der Waals surface area contributed by atoms with E-state index in [2.05, 4.69) is 4.98 Å².